The Morgan fingerprint density at radius 1 is 1.03 bits per heavy atom. The summed E-state index contributed by atoms with van der Waals surface area (Å²) >= 11 is 1.50. The number of thioether (sulfide) groups is 1. The summed E-state index contributed by atoms with van der Waals surface area (Å²) in [6.45, 7) is 3.67. The average molecular weight is 490 g/mol. The normalized spacial score (nSPS) is 20.2. The molecule has 0 aliphatic carbocycles. The van der Waals surface area contributed by atoms with Crippen LogP contribution >= 0.6 is 11.8 Å². The highest BCUT2D eigenvalue weighted by Crippen LogP contribution is 2.32. The van der Waals surface area contributed by atoms with Crippen LogP contribution in [0.3, 0.4) is 0 Å². The van der Waals surface area contributed by atoms with Crippen LogP contribution in [0.2, 0.25) is 0 Å². The number of benzene rings is 1. The number of H-pyrrole nitrogens is 1. The van der Waals surface area contributed by atoms with Gasteiger partial charge in [-0.1, -0.05) is 20.3 Å². The maximum atomic E-state index is 12.6. The van der Waals surface area contributed by atoms with Crippen LogP contribution in [0.25, 0.3) is 10.9 Å². The Bertz CT molecular complexity index is 1070. The molecule has 2 unspecified atom stereocenters. The van der Waals surface area contributed by atoms with Gasteiger partial charge >= 0.3 is 0 Å². The molecule has 6 N–H and O–H groups in total. The predicted octanol–water partition coefficient (Wildman–Crippen LogP) is 0.791. The van der Waals surface area contributed by atoms with Gasteiger partial charge in [0, 0.05) is 29.6 Å². The van der Waals surface area contributed by atoms with Gasteiger partial charge in [0.2, 0.25) is 23.6 Å². The van der Waals surface area contributed by atoms with E-state index in [9.17, 15) is 24.3 Å². The number of aromatic nitrogens is 1. The summed E-state index contributed by atoms with van der Waals surface area (Å²) in [6.07, 6.45) is 1.20. The van der Waals surface area contributed by atoms with Crippen LogP contribution < -0.4 is 21.3 Å². The van der Waals surface area contributed by atoms with Gasteiger partial charge < -0.3 is 31.4 Å². The van der Waals surface area contributed by atoms with E-state index in [4.69, 9.17) is 0 Å². The lowest BCUT2D eigenvalue weighted by Gasteiger charge is -2.23. The van der Waals surface area contributed by atoms with E-state index in [1.807, 2.05) is 13.8 Å². The number of fused-ring (bicyclic) bond motifs is 3. The second-order valence-corrected chi connectivity index (χ2v) is 9.39. The number of carbonyl (C=O) groups is 4. The first-order valence-electron chi connectivity index (χ1n) is 11.3. The second-order valence-electron chi connectivity index (χ2n) is 8.29. The number of hydrogen-bond donors (Lipinski definition) is 6. The Hall–Kier alpha value is -3.21. The lowest BCUT2D eigenvalue weighted by atomic mass is 9.98. The SMILES string of the molecule is CCC(C)C1NC(=O)CNC(=O)CCc2c([nH]c3ccc(O)cc23)SCCNC(=O)CNC1=O. The van der Waals surface area contributed by atoms with Gasteiger partial charge in [-0.05, 0) is 36.1 Å². The van der Waals surface area contributed by atoms with Gasteiger partial charge in [0.05, 0.1) is 18.1 Å². The monoisotopic (exact) mass is 489 g/mol. The largest absolute Gasteiger partial charge is 0.508 e. The van der Waals surface area contributed by atoms with E-state index in [0.29, 0.717) is 25.1 Å². The number of phenolic OH excluding ortho intramolecular Hbond substituents is 1. The molecule has 184 valence electrons. The van der Waals surface area contributed by atoms with Gasteiger partial charge in [0.1, 0.15) is 11.8 Å². The molecular formula is C23H31N5O5S. The van der Waals surface area contributed by atoms with Crippen molar-refractivity contribution in [2.75, 3.05) is 25.4 Å². The van der Waals surface area contributed by atoms with Crippen LogP contribution in [-0.2, 0) is 25.6 Å². The molecule has 0 radical (unpaired) electrons. The minimum absolute atomic E-state index is 0.130. The molecular weight excluding hydrogens is 458 g/mol. The van der Waals surface area contributed by atoms with Crippen LogP contribution in [0.15, 0.2) is 23.2 Å². The van der Waals surface area contributed by atoms with Crippen LogP contribution in [0.4, 0.5) is 0 Å². The summed E-state index contributed by atoms with van der Waals surface area (Å²) in [4.78, 5) is 52.9. The number of nitrogens with one attached hydrogen (secondary N) is 5. The second kappa shape index (κ2) is 11.8. The molecule has 2 heterocycles. The maximum Gasteiger partial charge on any atom is 0.243 e. The summed E-state index contributed by atoms with van der Waals surface area (Å²) in [7, 11) is 0. The van der Waals surface area contributed by atoms with E-state index in [0.717, 1.165) is 21.5 Å². The molecule has 2 atom stereocenters. The Morgan fingerprint density at radius 2 is 1.79 bits per heavy atom. The van der Waals surface area contributed by atoms with Crippen molar-refractivity contribution in [1.29, 1.82) is 0 Å². The minimum atomic E-state index is -0.807. The van der Waals surface area contributed by atoms with E-state index in [1.54, 1.807) is 18.2 Å². The van der Waals surface area contributed by atoms with Gasteiger partial charge in [0.25, 0.3) is 0 Å². The first-order valence-corrected chi connectivity index (χ1v) is 12.3. The number of phenols is 1. The first-order chi connectivity index (χ1) is 16.3. The summed E-state index contributed by atoms with van der Waals surface area (Å²) in [5.74, 6) is -0.981. The third kappa shape index (κ3) is 6.66. The topological polar surface area (TPSA) is 152 Å². The van der Waals surface area contributed by atoms with E-state index in [1.165, 1.54) is 11.8 Å². The van der Waals surface area contributed by atoms with E-state index in [-0.39, 0.29) is 43.0 Å². The molecule has 4 amide bonds. The molecule has 34 heavy (non-hydrogen) atoms. The van der Waals surface area contributed by atoms with Gasteiger partial charge in [-0.2, -0.15) is 0 Å². The lowest BCUT2D eigenvalue weighted by molar-refractivity contribution is -0.132. The van der Waals surface area contributed by atoms with Crippen molar-refractivity contribution in [1.82, 2.24) is 26.3 Å². The highest BCUT2D eigenvalue weighted by Gasteiger charge is 2.26. The molecule has 0 saturated heterocycles. The first kappa shape index (κ1) is 25.4. The third-order valence-electron chi connectivity index (χ3n) is 5.80. The number of rotatable bonds is 2. The zero-order chi connectivity index (χ0) is 24.7. The Balaban J connectivity index is 1.78. The van der Waals surface area contributed by atoms with Crippen molar-refractivity contribution in [2.45, 2.75) is 44.2 Å². The highest BCUT2D eigenvalue weighted by molar-refractivity contribution is 7.99. The standard InChI is InChI=1S/C23H31N5O5S/c1-3-13(2)21-22(33)26-11-19(31)24-8-9-34-23-15(5-7-18(30)25-12-20(32)28-21)16-10-14(29)4-6-17(16)27-23/h4,6,10,13,21,27,29H,3,5,7-9,11-12H2,1-2H3,(H,24,31)(H,25,30)(H,26,33)(H,28,32). The molecule has 0 fully saturated rings. The zero-order valence-corrected chi connectivity index (χ0v) is 20.1. The quantitative estimate of drug-likeness (QED) is 0.367. The van der Waals surface area contributed by atoms with Crippen molar-refractivity contribution >= 4 is 46.3 Å². The van der Waals surface area contributed by atoms with Crippen molar-refractivity contribution in [3.05, 3.63) is 23.8 Å². The number of aromatic amines is 1. The summed E-state index contributed by atoms with van der Waals surface area (Å²) in [6, 6.07) is 4.21. The lowest BCUT2D eigenvalue weighted by Crippen LogP contribution is -2.53. The fraction of sp³-hybridized carbons (Fsp3) is 0.478. The summed E-state index contributed by atoms with van der Waals surface area (Å²) in [5.41, 5.74) is 1.73. The number of aryl methyl sites for hydroxylation is 1. The van der Waals surface area contributed by atoms with Crippen LogP contribution in [0.1, 0.15) is 32.3 Å². The van der Waals surface area contributed by atoms with Gasteiger partial charge in [-0.3, -0.25) is 19.2 Å². The smallest absolute Gasteiger partial charge is 0.243 e. The molecule has 0 spiro atoms. The molecule has 0 saturated carbocycles. The van der Waals surface area contributed by atoms with Crippen molar-refractivity contribution in [2.24, 2.45) is 5.92 Å². The minimum Gasteiger partial charge on any atom is -0.508 e. The number of amides is 4. The fourth-order valence-corrected chi connectivity index (χ4v) is 4.67. The molecule has 2 aromatic rings. The van der Waals surface area contributed by atoms with Crippen LogP contribution in [0.5, 0.6) is 5.75 Å². The molecule has 1 aliphatic heterocycles. The van der Waals surface area contributed by atoms with Crippen LogP contribution in [0, 0.1) is 5.92 Å². The molecule has 0 bridgehead atoms. The van der Waals surface area contributed by atoms with E-state index >= 15 is 0 Å². The van der Waals surface area contributed by atoms with Crippen molar-refractivity contribution in [3.8, 4) is 5.75 Å². The Labute approximate surface area is 202 Å². The fourth-order valence-electron chi connectivity index (χ4n) is 3.70. The van der Waals surface area contributed by atoms with Crippen LogP contribution in [-0.4, -0.2) is 65.1 Å². The van der Waals surface area contributed by atoms with Gasteiger partial charge in [-0.15, -0.1) is 11.8 Å². The zero-order valence-electron chi connectivity index (χ0n) is 19.3. The third-order valence-corrected chi connectivity index (χ3v) is 6.85. The molecule has 3 rings (SSSR count). The van der Waals surface area contributed by atoms with Crippen molar-refractivity contribution in [3.63, 3.8) is 0 Å². The van der Waals surface area contributed by atoms with E-state index < -0.39 is 17.9 Å². The Kier molecular flexibility index (Phi) is 8.80. The number of aromatic hydroxyl groups is 1. The molecule has 1 aromatic carbocycles. The highest BCUT2D eigenvalue weighted by atomic mass is 32.2. The van der Waals surface area contributed by atoms with Crippen molar-refractivity contribution < 1.29 is 24.3 Å². The molecule has 10 nitrogen and oxygen atoms in total. The van der Waals surface area contributed by atoms with Gasteiger partial charge in [-0.25, -0.2) is 0 Å². The summed E-state index contributed by atoms with van der Waals surface area (Å²) in [5, 5.41) is 22.2. The molecule has 1 aromatic heterocycles. The molecule has 1 aliphatic rings. The number of hydrogen-bond acceptors (Lipinski definition) is 6. The van der Waals surface area contributed by atoms with E-state index in [2.05, 4.69) is 26.3 Å². The number of carbonyl (C=O) groups excluding carboxylic acids is 4. The predicted molar refractivity (Wildman–Crippen MR) is 129 cm³/mol. The van der Waals surface area contributed by atoms with Gasteiger partial charge in [0.15, 0.2) is 0 Å². The maximum absolute atomic E-state index is 12.6. The summed E-state index contributed by atoms with van der Waals surface area (Å²) < 4.78 is 0. The Morgan fingerprint density at radius 3 is 2.56 bits per heavy atom. The molecule has 11 heteroatoms. The average Bonchev–Trinajstić information content (AvgIpc) is 3.16.